The first-order valence-electron chi connectivity index (χ1n) is 9.29. The number of hydrogen-bond acceptors (Lipinski definition) is 3. The highest BCUT2D eigenvalue weighted by Gasteiger charge is 2.49. The zero-order valence-corrected chi connectivity index (χ0v) is 16.0. The van der Waals surface area contributed by atoms with E-state index in [4.69, 9.17) is 4.42 Å². The molecular formula is C20H24INO2. The van der Waals surface area contributed by atoms with Crippen molar-refractivity contribution in [2.24, 2.45) is 11.8 Å². The lowest BCUT2D eigenvalue weighted by Crippen LogP contribution is -2.56. The summed E-state index contributed by atoms with van der Waals surface area (Å²) in [7, 11) is 0. The van der Waals surface area contributed by atoms with Crippen LogP contribution < -0.4 is 0 Å². The second-order valence-corrected chi connectivity index (χ2v) is 8.97. The molecule has 2 aromatic rings. The largest absolute Gasteiger partial charge is 0.508 e. The van der Waals surface area contributed by atoms with Crippen LogP contribution in [0, 0.1) is 11.8 Å². The summed E-state index contributed by atoms with van der Waals surface area (Å²) in [6.07, 6.45) is 6.49. The molecule has 6 rings (SSSR count). The van der Waals surface area contributed by atoms with Crippen LogP contribution in [0.1, 0.15) is 42.9 Å². The molecular weight excluding hydrogens is 413 g/mol. The van der Waals surface area contributed by atoms with Crippen LogP contribution in [-0.4, -0.2) is 33.6 Å². The van der Waals surface area contributed by atoms with Gasteiger partial charge in [0.25, 0.3) is 0 Å². The third-order valence-corrected chi connectivity index (χ3v) is 7.30. The molecule has 3 aliphatic heterocycles. The van der Waals surface area contributed by atoms with Crippen LogP contribution in [-0.2, 0) is 6.42 Å². The van der Waals surface area contributed by atoms with Gasteiger partial charge in [0.15, 0.2) is 0 Å². The summed E-state index contributed by atoms with van der Waals surface area (Å²) in [5.41, 5.74) is 2.32. The summed E-state index contributed by atoms with van der Waals surface area (Å²) in [6, 6.07) is 6.25. The molecule has 128 valence electrons. The SMILES string of the molecule is Oc1ccc2oc3c(c2c1)CCN1CC2CC(CCCI)C1C3C2. The van der Waals surface area contributed by atoms with E-state index in [2.05, 4.69) is 27.5 Å². The van der Waals surface area contributed by atoms with Gasteiger partial charge in [0.05, 0.1) is 0 Å². The summed E-state index contributed by atoms with van der Waals surface area (Å²) < 4.78 is 7.65. The molecule has 1 saturated carbocycles. The van der Waals surface area contributed by atoms with E-state index >= 15 is 0 Å². The Morgan fingerprint density at radius 3 is 3.08 bits per heavy atom. The Morgan fingerprint density at radius 1 is 1.29 bits per heavy atom. The average Bonchev–Trinajstić information content (AvgIpc) is 2.90. The number of phenolic OH excluding ortho intramolecular Hbond substituents is 1. The monoisotopic (exact) mass is 437 g/mol. The lowest BCUT2D eigenvalue weighted by atomic mass is 9.65. The molecule has 4 heteroatoms. The van der Waals surface area contributed by atoms with Gasteiger partial charge in [-0.25, -0.2) is 0 Å². The van der Waals surface area contributed by atoms with E-state index in [1.54, 1.807) is 6.07 Å². The molecule has 1 aliphatic carbocycles. The molecule has 3 nitrogen and oxygen atoms in total. The van der Waals surface area contributed by atoms with Gasteiger partial charge in [0, 0.05) is 36.0 Å². The zero-order chi connectivity index (χ0) is 16.3. The van der Waals surface area contributed by atoms with Gasteiger partial charge in [-0.3, -0.25) is 4.90 Å². The summed E-state index contributed by atoms with van der Waals surface area (Å²) in [6.45, 7) is 2.44. The first-order valence-corrected chi connectivity index (χ1v) is 10.8. The molecule has 5 unspecified atom stereocenters. The maximum Gasteiger partial charge on any atom is 0.134 e. The number of piperidine rings is 2. The highest BCUT2D eigenvalue weighted by atomic mass is 127. The molecule has 0 amide bonds. The zero-order valence-electron chi connectivity index (χ0n) is 13.9. The van der Waals surface area contributed by atoms with Crippen LogP contribution in [0.4, 0.5) is 0 Å². The van der Waals surface area contributed by atoms with Crippen LogP contribution in [0.2, 0.25) is 0 Å². The van der Waals surface area contributed by atoms with Crippen molar-refractivity contribution in [3.63, 3.8) is 0 Å². The lowest BCUT2D eigenvalue weighted by Gasteiger charge is -2.53. The number of nitrogens with zero attached hydrogens (tertiary/aromatic N) is 1. The molecule has 5 atom stereocenters. The molecule has 1 aromatic heterocycles. The fraction of sp³-hybridized carbons (Fsp3) is 0.600. The molecule has 0 spiro atoms. The number of alkyl halides is 1. The lowest BCUT2D eigenvalue weighted by molar-refractivity contribution is -0.0186. The van der Waals surface area contributed by atoms with Crippen LogP contribution in [0.3, 0.4) is 0 Å². The molecule has 1 N–H and O–H groups in total. The quantitative estimate of drug-likeness (QED) is 0.559. The minimum atomic E-state index is 0.347. The van der Waals surface area contributed by atoms with Crippen molar-refractivity contribution in [3.8, 4) is 5.75 Å². The molecule has 3 fully saturated rings. The number of furan rings is 1. The van der Waals surface area contributed by atoms with Crippen LogP contribution in [0.15, 0.2) is 22.6 Å². The highest BCUT2D eigenvalue weighted by Crippen LogP contribution is 2.52. The van der Waals surface area contributed by atoms with E-state index in [1.807, 2.05) is 12.1 Å². The van der Waals surface area contributed by atoms with Gasteiger partial charge in [-0.05, 0) is 66.6 Å². The van der Waals surface area contributed by atoms with Crippen molar-refractivity contribution in [1.29, 1.82) is 0 Å². The minimum absolute atomic E-state index is 0.347. The number of phenols is 1. The van der Waals surface area contributed by atoms with Crippen molar-refractivity contribution in [2.45, 2.75) is 44.1 Å². The number of rotatable bonds is 3. The summed E-state index contributed by atoms with van der Waals surface area (Å²) >= 11 is 2.51. The van der Waals surface area contributed by atoms with E-state index in [1.165, 1.54) is 48.0 Å². The van der Waals surface area contributed by atoms with E-state index < -0.39 is 0 Å². The summed E-state index contributed by atoms with van der Waals surface area (Å²) in [5, 5.41) is 11.0. The minimum Gasteiger partial charge on any atom is -0.508 e. The third kappa shape index (κ3) is 2.32. The molecule has 0 radical (unpaired) electrons. The third-order valence-electron chi connectivity index (χ3n) is 6.53. The average molecular weight is 437 g/mol. The van der Waals surface area contributed by atoms with Crippen molar-refractivity contribution < 1.29 is 9.52 Å². The Balaban J connectivity index is 1.59. The number of benzene rings is 1. The van der Waals surface area contributed by atoms with Crippen molar-refractivity contribution >= 4 is 33.6 Å². The van der Waals surface area contributed by atoms with Crippen LogP contribution in [0.5, 0.6) is 5.75 Å². The Bertz CT molecular complexity index is 770. The predicted molar refractivity (Wildman–Crippen MR) is 104 cm³/mol. The van der Waals surface area contributed by atoms with Crippen LogP contribution in [0.25, 0.3) is 11.0 Å². The van der Waals surface area contributed by atoms with Crippen molar-refractivity contribution in [3.05, 3.63) is 29.5 Å². The number of halogens is 1. The van der Waals surface area contributed by atoms with Gasteiger partial charge in [-0.15, -0.1) is 0 Å². The molecule has 4 heterocycles. The highest BCUT2D eigenvalue weighted by molar-refractivity contribution is 14.1. The Morgan fingerprint density at radius 2 is 2.21 bits per heavy atom. The fourth-order valence-electron chi connectivity index (χ4n) is 5.74. The van der Waals surface area contributed by atoms with Crippen molar-refractivity contribution in [2.75, 3.05) is 17.5 Å². The molecule has 4 bridgehead atoms. The summed E-state index contributed by atoms with van der Waals surface area (Å²) in [5.74, 6) is 3.83. The molecule has 4 aliphatic rings. The van der Waals surface area contributed by atoms with Crippen molar-refractivity contribution in [1.82, 2.24) is 4.90 Å². The standard InChI is InChI=1S/C20H24INO2/c21-6-1-2-13-8-12-9-17-19(13)22(11-12)7-5-15-16-10-14(23)3-4-18(16)24-20(15)17/h3-4,10,12-13,17,19,23H,1-2,5-9,11H2. The normalized spacial score (nSPS) is 34.3. The topological polar surface area (TPSA) is 36.6 Å². The number of fused-ring (bicyclic) bond motifs is 4. The van der Waals surface area contributed by atoms with Gasteiger partial charge in [-0.1, -0.05) is 22.6 Å². The molecule has 1 aromatic carbocycles. The maximum atomic E-state index is 9.90. The second kappa shape index (κ2) is 5.90. The Hall–Kier alpha value is -0.750. The Labute approximate surface area is 156 Å². The van der Waals surface area contributed by atoms with E-state index in [-0.39, 0.29) is 0 Å². The smallest absolute Gasteiger partial charge is 0.134 e. The van der Waals surface area contributed by atoms with E-state index in [0.717, 1.165) is 35.8 Å². The van der Waals surface area contributed by atoms with E-state index in [9.17, 15) is 5.11 Å². The van der Waals surface area contributed by atoms with Gasteiger partial charge in [-0.2, -0.15) is 0 Å². The number of aromatic hydroxyl groups is 1. The first-order chi connectivity index (χ1) is 11.7. The van der Waals surface area contributed by atoms with Gasteiger partial charge < -0.3 is 9.52 Å². The number of hydrogen-bond donors (Lipinski definition) is 1. The molecule has 24 heavy (non-hydrogen) atoms. The van der Waals surface area contributed by atoms with Gasteiger partial charge in [0.1, 0.15) is 17.1 Å². The fourth-order valence-corrected chi connectivity index (χ4v) is 6.19. The van der Waals surface area contributed by atoms with E-state index in [0.29, 0.717) is 17.7 Å². The maximum absolute atomic E-state index is 9.90. The predicted octanol–water partition coefficient (Wildman–Crippen LogP) is 4.70. The second-order valence-electron chi connectivity index (χ2n) is 7.90. The summed E-state index contributed by atoms with van der Waals surface area (Å²) in [4.78, 5) is 2.77. The Kier molecular flexibility index (Phi) is 3.81. The first kappa shape index (κ1) is 15.5. The van der Waals surface area contributed by atoms with Gasteiger partial charge >= 0.3 is 0 Å². The van der Waals surface area contributed by atoms with Crippen LogP contribution >= 0.6 is 22.6 Å². The van der Waals surface area contributed by atoms with Gasteiger partial charge in [0.2, 0.25) is 0 Å². The molecule has 2 saturated heterocycles.